The SMILES string of the molecule is Cc1c(Br)c(C(F)(F)F)nn1CC(=O)N(C)C. The van der Waals surface area contributed by atoms with Gasteiger partial charge in [-0.1, -0.05) is 0 Å². The lowest BCUT2D eigenvalue weighted by Crippen LogP contribution is -2.27. The van der Waals surface area contributed by atoms with Gasteiger partial charge < -0.3 is 4.90 Å². The lowest BCUT2D eigenvalue weighted by atomic mass is 10.3. The topological polar surface area (TPSA) is 38.1 Å². The molecule has 1 aromatic heterocycles. The first kappa shape index (κ1) is 14.0. The Labute approximate surface area is 105 Å². The van der Waals surface area contributed by atoms with Gasteiger partial charge in [-0.25, -0.2) is 0 Å². The second-order valence-corrected chi connectivity index (χ2v) is 4.48. The van der Waals surface area contributed by atoms with Crippen LogP contribution in [0, 0.1) is 6.92 Å². The molecule has 0 bridgehead atoms. The minimum Gasteiger partial charge on any atom is -0.347 e. The average Bonchev–Trinajstić information content (AvgIpc) is 2.45. The van der Waals surface area contributed by atoms with Gasteiger partial charge in [0, 0.05) is 14.1 Å². The summed E-state index contributed by atoms with van der Waals surface area (Å²) in [5.41, 5.74) is -0.742. The van der Waals surface area contributed by atoms with Crippen LogP contribution in [0.1, 0.15) is 11.4 Å². The zero-order valence-electron chi connectivity index (χ0n) is 9.47. The Morgan fingerprint density at radius 1 is 1.47 bits per heavy atom. The molecule has 1 heterocycles. The summed E-state index contributed by atoms with van der Waals surface area (Å²) >= 11 is 2.84. The number of nitrogens with zero attached hydrogens (tertiary/aromatic N) is 3. The molecule has 96 valence electrons. The van der Waals surface area contributed by atoms with E-state index < -0.39 is 11.9 Å². The average molecular weight is 314 g/mol. The first-order valence-electron chi connectivity index (χ1n) is 4.65. The summed E-state index contributed by atoms with van der Waals surface area (Å²) in [6.45, 7) is 1.25. The van der Waals surface area contributed by atoms with E-state index in [1.807, 2.05) is 0 Å². The largest absolute Gasteiger partial charge is 0.436 e. The molecule has 0 aliphatic carbocycles. The Morgan fingerprint density at radius 3 is 2.35 bits per heavy atom. The molecule has 4 nitrogen and oxygen atoms in total. The Hall–Kier alpha value is -1.05. The molecule has 0 unspecified atom stereocenters. The van der Waals surface area contributed by atoms with Gasteiger partial charge in [0.25, 0.3) is 0 Å². The van der Waals surface area contributed by atoms with Gasteiger partial charge >= 0.3 is 6.18 Å². The van der Waals surface area contributed by atoms with Gasteiger partial charge in [-0.15, -0.1) is 0 Å². The summed E-state index contributed by atoms with van der Waals surface area (Å²) in [4.78, 5) is 12.7. The van der Waals surface area contributed by atoms with E-state index >= 15 is 0 Å². The van der Waals surface area contributed by atoms with Crippen LogP contribution in [0.5, 0.6) is 0 Å². The van der Waals surface area contributed by atoms with Crippen molar-refractivity contribution in [3.05, 3.63) is 15.9 Å². The molecule has 1 rings (SSSR count). The van der Waals surface area contributed by atoms with E-state index in [-0.39, 0.29) is 22.6 Å². The van der Waals surface area contributed by atoms with Crippen molar-refractivity contribution < 1.29 is 18.0 Å². The van der Waals surface area contributed by atoms with Gasteiger partial charge in [-0.2, -0.15) is 18.3 Å². The molecule has 0 aliphatic rings. The van der Waals surface area contributed by atoms with Crippen LogP contribution in [0.25, 0.3) is 0 Å². The lowest BCUT2D eigenvalue weighted by Gasteiger charge is -2.10. The number of amides is 1. The zero-order chi connectivity index (χ0) is 13.4. The van der Waals surface area contributed by atoms with Crippen molar-refractivity contribution in [1.82, 2.24) is 14.7 Å². The molecule has 1 aromatic rings. The molecule has 0 aromatic carbocycles. The normalized spacial score (nSPS) is 11.7. The Kier molecular flexibility index (Phi) is 3.85. The molecule has 8 heteroatoms. The van der Waals surface area contributed by atoms with Crippen LogP contribution >= 0.6 is 15.9 Å². The molecule has 0 saturated heterocycles. The molecular weight excluding hydrogens is 303 g/mol. The first-order valence-corrected chi connectivity index (χ1v) is 5.44. The highest BCUT2D eigenvalue weighted by atomic mass is 79.9. The molecule has 0 radical (unpaired) electrons. The minimum absolute atomic E-state index is 0.128. The van der Waals surface area contributed by atoms with Crippen LogP contribution in [0.3, 0.4) is 0 Å². The van der Waals surface area contributed by atoms with Crippen molar-refractivity contribution in [3.8, 4) is 0 Å². The number of hydrogen-bond acceptors (Lipinski definition) is 2. The number of rotatable bonds is 2. The van der Waals surface area contributed by atoms with E-state index in [4.69, 9.17) is 0 Å². The second-order valence-electron chi connectivity index (χ2n) is 3.69. The quantitative estimate of drug-likeness (QED) is 0.838. The number of carbonyl (C=O) groups excluding carboxylic acids is 1. The maximum absolute atomic E-state index is 12.5. The number of aromatic nitrogens is 2. The highest BCUT2D eigenvalue weighted by Crippen LogP contribution is 2.35. The minimum atomic E-state index is -4.53. The lowest BCUT2D eigenvalue weighted by molar-refractivity contribution is -0.142. The fourth-order valence-electron chi connectivity index (χ4n) is 1.13. The highest BCUT2D eigenvalue weighted by Gasteiger charge is 2.38. The van der Waals surface area contributed by atoms with Gasteiger partial charge in [0.2, 0.25) is 5.91 Å². The van der Waals surface area contributed by atoms with Crippen molar-refractivity contribution in [2.24, 2.45) is 0 Å². The summed E-state index contributed by atoms with van der Waals surface area (Å²) in [5.74, 6) is -0.322. The summed E-state index contributed by atoms with van der Waals surface area (Å²) in [5, 5.41) is 3.40. The number of alkyl halides is 3. The van der Waals surface area contributed by atoms with Gasteiger partial charge in [0.15, 0.2) is 5.69 Å². The third-order valence-electron chi connectivity index (χ3n) is 2.19. The third-order valence-corrected chi connectivity index (χ3v) is 3.14. The fourth-order valence-corrected chi connectivity index (χ4v) is 1.64. The monoisotopic (exact) mass is 313 g/mol. The van der Waals surface area contributed by atoms with Crippen LogP contribution < -0.4 is 0 Å². The van der Waals surface area contributed by atoms with Crippen LogP contribution in [0.15, 0.2) is 4.47 Å². The molecule has 0 fully saturated rings. The molecule has 0 aliphatic heterocycles. The van der Waals surface area contributed by atoms with E-state index in [2.05, 4.69) is 21.0 Å². The molecule has 0 atom stereocenters. The number of carbonyl (C=O) groups is 1. The standard InChI is InChI=1S/C9H11BrF3N3O/c1-5-7(10)8(9(11,12)13)14-16(5)4-6(17)15(2)3/h4H2,1-3H3. The van der Waals surface area contributed by atoms with Crippen LogP contribution in [0.2, 0.25) is 0 Å². The molecule has 0 saturated carbocycles. The molecule has 0 N–H and O–H groups in total. The summed E-state index contributed by atoms with van der Waals surface area (Å²) in [6, 6.07) is 0. The van der Waals surface area contributed by atoms with Gasteiger partial charge in [0.05, 0.1) is 10.2 Å². The summed E-state index contributed by atoms with van der Waals surface area (Å²) < 4.78 is 38.5. The van der Waals surface area contributed by atoms with Gasteiger partial charge in [0.1, 0.15) is 6.54 Å². The van der Waals surface area contributed by atoms with Crippen LogP contribution in [-0.4, -0.2) is 34.7 Å². The molecular formula is C9H11BrF3N3O. The highest BCUT2D eigenvalue weighted by molar-refractivity contribution is 9.10. The summed E-state index contributed by atoms with van der Waals surface area (Å²) in [6.07, 6.45) is -4.53. The van der Waals surface area contributed by atoms with Crippen molar-refractivity contribution in [2.45, 2.75) is 19.6 Å². The van der Waals surface area contributed by atoms with Crippen LogP contribution in [0.4, 0.5) is 13.2 Å². The number of halogens is 4. The molecule has 1 amide bonds. The number of likely N-dealkylation sites (N-methyl/N-ethyl adjacent to an activating group) is 1. The van der Waals surface area contributed by atoms with E-state index in [0.29, 0.717) is 0 Å². The molecule has 0 spiro atoms. The Morgan fingerprint density at radius 2 is 2.00 bits per heavy atom. The molecule has 17 heavy (non-hydrogen) atoms. The first-order chi connectivity index (χ1) is 7.64. The maximum atomic E-state index is 12.5. The Bertz CT molecular complexity index is 439. The van der Waals surface area contributed by atoms with Crippen molar-refractivity contribution in [2.75, 3.05) is 14.1 Å². The van der Waals surface area contributed by atoms with E-state index in [1.54, 1.807) is 0 Å². The van der Waals surface area contributed by atoms with E-state index in [0.717, 1.165) is 4.68 Å². The van der Waals surface area contributed by atoms with Crippen molar-refractivity contribution >= 4 is 21.8 Å². The predicted octanol–water partition coefficient (Wildman–Crippen LogP) is 2.06. The summed E-state index contributed by atoms with van der Waals surface area (Å²) in [7, 11) is 3.06. The van der Waals surface area contributed by atoms with Crippen LogP contribution in [-0.2, 0) is 17.5 Å². The van der Waals surface area contributed by atoms with E-state index in [1.165, 1.54) is 25.9 Å². The predicted molar refractivity (Wildman–Crippen MR) is 58.4 cm³/mol. The second kappa shape index (κ2) is 4.67. The van der Waals surface area contributed by atoms with E-state index in [9.17, 15) is 18.0 Å². The number of hydrogen-bond donors (Lipinski definition) is 0. The third kappa shape index (κ3) is 2.99. The maximum Gasteiger partial charge on any atom is 0.436 e. The smallest absolute Gasteiger partial charge is 0.347 e. The zero-order valence-corrected chi connectivity index (χ0v) is 11.1. The van der Waals surface area contributed by atoms with Crippen molar-refractivity contribution in [1.29, 1.82) is 0 Å². The van der Waals surface area contributed by atoms with Gasteiger partial charge in [-0.3, -0.25) is 9.48 Å². The van der Waals surface area contributed by atoms with Gasteiger partial charge in [-0.05, 0) is 22.9 Å². The fraction of sp³-hybridized carbons (Fsp3) is 0.556. The Balaban J connectivity index is 3.08. The van der Waals surface area contributed by atoms with Crippen molar-refractivity contribution in [3.63, 3.8) is 0 Å².